The fraction of sp³-hybridized carbons (Fsp3) is 0.722. The molecule has 1 aliphatic heterocycles. The third-order valence-corrected chi connectivity index (χ3v) is 4.98. The van der Waals surface area contributed by atoms with Crippen molar-refractivity contribution in [2.45, 2.75) is 65.5 Å². The van der Waals surface area contributed by atoms with Crippen LogP contribution in [0.4, 0.5) is 0 Å². The molecule has 5 atom stereocenters. The van der Waals surface area contributed by atoms with E-state index in [0.29, 0.717) is 18.6 Å². The first kappa shape index (κ1) is 24.5. The van der Waals surface area contributed by atoms with E-state index in [1.54, 1.807) is 33.9 Å². The zero-order valence-corrected chi connectivity index (χ0v) is 18.4. The van der Waals surface area contributed by atoms with Gasteiger partial charge in [-0.15, -0.1) is 0 Å². The molecule has 1 saturated heterocycles. The molecule has 0 aliphatic carbocycles. The Morgan fingerprint density at radius 1 is 1.36 bits per heavy atom. The summed E-state index contributed by atoms with van der Waals surface area (Å²) in [5.74, 6) is -0.503. The van der Waals surface area contributed by atoms with E-state index in [0.717, 1.165) is 6.42 Å². The Kier molecular flexibility index (Phi) is 10.6. The third kappa shape index (κ3) is 8.22. The fourth-order valence-corrected chi connectivity index (χ4v) is 3.43. The Hall–Kier alpha value is -1.54. The highest BCUT2D eigenvalue weighted by molar-refractivity contribution is 7.29. The minimum absolute atomic E-state index is 0.0424. The largest absolute Gasteiger partial charge is 0.462 e. The summed E-state index contributed by atoms with van der Waals surface area (Å²) in [6.45, 7) is 9.45. The number of carbonyl (C=O) groups is 3. The Labute approximate surface area is 168 Å². The zero-order chi connectivity index (χ0) is 21.3. The number of nitrogens with one attached hydrogen (secondary N) is 2. The van der Waals surface area contributed by atoms with Gasteiger partial charge in [-0.1, -0.05) is 6.92 Å². The zero-order valence-electron chi connectivity index (χ0n) is 17.4. The summed E-state index contributed by atoms with van der Waals surface area (Å²) >= 11 is 0. The van der Waals surface area contributed by atoms with Crippen molar-refractivity contribution in [2.75, 3.05) is 13.7 Å². The molecule has 28 heavy (non-hydrogen) atoms. The Morgan fingerprint density at radius 2 is 2.04 bits per heavy atom. The Morgan fingerprint density at radius 3 is 2.64 bits per heavy atom. The van der Waals surface area contributed by atoms with Gasteiger partial charge < -0.3 is 18.9 Å². The van der Waals surface area contributed by atoms with Gasteiger partial charge in [-0.05, 0) is 34.1 Å². The van der Waals surface area contributed by atoms with E-state index in [1.807, 2.05) is 11.9 Å². The monoisotopic (exact) mass is 417 g/mol. The maximum Gasteiger partial charge on any atom is 0.323 e. The number of hydrogen-bond acceptors (Lipinski definition) is 8. The highest BCUT2D eigenvalue weighted by Crippen LogP contribution is 2.29. The average Bonchev–Trinajstić information content (AvgIpc) is 2.98. The van der Waals surface area contributed by atoms with E-state index in [1.165, 1.54) is 0 Å². The SMILES string of the molecule is C/C(=C/N(C)C1OC(COPNC(C)C(=O)OC(C)C)CC1C)C(=O)NC=O. The van der Waals surface area contributed by atoms with Crippen LogP contribution in [-0.2, 0) is 28.4 Å². The smallest absolute Gasteiger partial charge is 0.323 e. The number of rotatable bonds is 11. The molecule has 1 aliphatic rings. The third-order valence-electron chi connectivity index (χ3n) is 4.12. The summed E-state index contributed by atoms with van der Waals surface area (Å²) in [6.07, 6.45) is 2.42. The van der Waals surface area contributed by atoms with Gasteiger partial charge in [0.25, 0.3) is 5.91 Å². The van der Waals surface area contributed by atoms with Crippen molar-refractivity contribution in [1.29, 1.82) is 0 Å². The molecule has 0 radical (unpaired) electrons. The molecule has 9 nitrogen and oxygen atoms in total. The molecule has 0 bridgehead atoms. The first-order valence-corrected chi connectivity index (χ1v) is 10.2. The quantitative estimate of drug-likeness (QED) is 0.170. The predicted octanol–water partition coefficient (Wildman–Crippen LogP) is 1.30. The van der Waals surface area contributed by atoms with E-state index >= 15 is 0 Å². The standard InChI is InChI=1S/C18H32N3O6P/c1-11(2)26-18(24)14(5)20-28-25-9-15-7-12(3)17(27-15)21(6)8-13(4)16(23)19-10-22/h8,10-12,14-15,17,20,28H,7,9H2,1-6H3,(H,19,22,23)/b13-8-. The summed E-state index contributed by atoms with van der Waals surface area (Å²) in [7, 11) is 1.78. The number of esters is 1. The second-order valence-electron chi connectivity index (χ2n) is 7.20. The molecule has 2 N–H and O–H groups in total. The topological polar surface area (TPSA) is 106 Å². The van der Waals surface area contributed by atoms with Gasteiger partial charge in [0.2, 0.25) is 6.41 Å². The van der Waals surface area contributed by atoms with E-state index in [-0.39, 0.29) is 39.3 Å². The summed E-state index contributed by atoms with van der Waals surface area (Å²) in [5, 5.41) is 5.10. The molecule has 0 aromatic heterocycles. The second kappa shape index (κ2) is 12.1. The molecule has 10 heteroatoms. The van der Waals surface area contributed by atoms with Gasteiger partial charge in [-0.3, -0.25) is 24.8 Å². The molecule has 0 aromatic rings. The molecule has 0 spiro atoms. The maximum absolute atomic E-state index is 11.7. The van der Waals surface area contributed by atoms with Crippen molar-refractivity contribution in [3.63, 3.8) is 0 Å². The van der Waals surface area contributed by atoms with Crippen LogP contribution >= 0.6 is 8.96 Å². The van der Waals surface area contributed by atoms with Crippen molar-refractivity contribution in [3.05, 3.63) is 11.8 Å². The molecule has 0 saturated carbocycles. The van der Waals surface area contributed by atoms with Crippen molar-refractivity contribution < 1.29 is 28.4 Å². The minimum atomic E-state index is -0.440. The summed E-state index contributed by atoms with van der Waals surface area (Å²) in [4.78, 5) is 35.6. The normalized spacial score (nSPS) is 23.8. The van der Waals surface area contributed by atoms with Gasteiger partial charge in [0.1, 0.15) is 12.3 Å². The van der Waals surface area contributed by atoms with Crippen LogP contribution in [0.15, 0.2) is 11.8 Å². The van der Waals surface area contributed by atoms with Gasteiger partial charge in [-0.2, -0.15) is 0 Å². The van der Waals surface area contributed by atoms with Crippen molar-refractivity contribution in [2.24, 2.45) is 5.92 Å². The number of carbonyl (C=O) groups excluding carboxylic acids is 3. The lowest BCUT2D eigenvalue weighted by molar-refractivity contribution is -0.149. The number of amides is 2. The maximum atomic E-state index is 11.7. The summed E-state index contributed by atoms with van der Waals surface area (Å²) in [5.41, 5.74) is 0.415. The second-order valence-corrected chi connectivity index (χ2v) is 7.98. The fourth-order valence-electron chi connectivity index (χ4n) is 2.79. The highest BCUT2D eigenvalue weighted by Gasteiger charge is 2.34. The van der Waals surface area contributed by atoms with E-state index in [9.17, 15) is 14.4 Å². The molecule has 1 heterocycles. The van der Waals surface area contributed by atoms with Crippen LogP contribution in [0, 0.1) is 5.92 Å². The van der Waals surface area contributed by atoms with Crippen LogP contribution in [0.25, 0.3) is 0 Å². The summed E-state index contributed by atoms with van der Waals surface area (Å²) in [6, 6.07) is -0.436. The van der Waals surface area contributed by atoms with Crippen LogP contribution in [-0.4, -0.2) is 61.3 Å². The van der Waals surface area contributed by atoms with Gasteiger partial charge in [-0.25, -0.2) is 0 Å². The Balaban J connectivity index is 2.39. The predicted molar refractivity (Wildman–Crippen MR) is 106 cm³/mol. The Bertz CT molecular complexity index is 572. The van der Waals surface area contributed by atoms with E-state index in [2.05, 4.69) is 17.3 Å². The molecule has 1 rings (SSSR count). The lowest BCUT2D eigenvalue weighted by Gasteiger charge is -2.26. The lowest BCUT2D eigenvalue weighted by atomic mass is 10.1. The minimum Gasteiger partial charge on any atom is -0.462 e. The first-order valence-electron chi connectivity index (χ1n) is 9.28. The number of ether oxygens (including phenoxy) is 2. The van der Waals surface area contributed by atoms with Crippen LogP contribution in [0.2, 0.25) is 0 Å². The average molecular weight is 417 g/mol. The number of imide groups is 1. The lowest BCUT2D eigenvalue weighted by Crippen LogP contribution is -2.33. The van der Waals surface area contributed by atoms with Gasteiger partial charge in [0.15, 0.2) is 0 Å². The van der Waals surface area contributed by atoms with Crippen molar-refractivity contribution in [1.82, 2.24) is 15.3 Å². The van der Waals surface area contributed by atoms with Crippen LogP contribution in [0.1, 0.15) is 41.0 Å². The van der Waals surface area contributed by atoms with Gasteiger partial charge >= 0.3 is 5.97 Å². The highest BCUT2D eigenvalue weighted by atomic mass is 31.1. The molecule has 0 aromatic carbocycles. The van der Waals surface area contributed by atoms with Crippen LogP contribution in [0.5, 0.6) is 0 Å². The van der Waals surface area contributed by atoms with Gasteiger partial charge in [0.05, 0.1) is 27.8 Å². The van der Waals surface area contributed by atoms with Crippen LogP contribution in [0.3, 0.4) is 0 Å². The summed E-state index contributed by atoms with van der Waals surface area (Å²) < 4.78 is 16.8. The molecular formula is C18H32N3O6P. The molecule has 5 unspecified atom stereocenters. The van der Waals surface area contributed by atoms with Crippen molar-refractivity contribution >= 4 is 27.2 Å². The molecule has 1 fully saturated rings. The molecular weight excluding hydrogens is 385 g/mol. The number of nitrogens with zero attached hydrogens (tertiary/aromatic N) is 1. The molecule has 2 amide bonds. The number of hydrogen-bond donors (Lipinski definition) is 2. The van der Waals surface area contributed by atoms with Gasteiger partial charge in [0, 0.05) is 24.7 Å². The van der Waals surface area contributed by atoms with E-state index < -0.39 is 11.9 Å². The van der Waals surface area contributed by atoms with Crippen LogP contribution < -0.4 is 10.4 Å². The first-order chi connectivity index (χ1) is 13.1. The van der Waals surface area contributed by atoms with Crippen molar-refractivity contribution in [3.8, 4) is 0 Å². The molecule has 160 valence electrons. The van der Waals surface area contributed by atoms with E-state index in [4.69, 9.17) is 14.0 Å².